The zero-order chi connectivity index (χ0) is 22.3. The van der Waals surface area contributed by atoms with Gasteiger partial charge in [-0.15, -0.1) is 0 Å². The molecule has 2 fully saturated rings. The Balaban J connectivity index is 1.24. The maximum Gasteiger partial charge on any atom is 0.306 e. The molecular weight excluding hydrogens is 406 g/mol. The van der Waals surface area contributed by atoms with Crippen molar-refractivity contribution >= 4 is 29.2 Å². The van der Waals surface area contributed by atoms with Crippen LogP contribution in [0.1, 0.15) is 37.7 Å². The number of esters is 1. The molecule has 2 aliphatic heterocycles. The fourth-order valence-corrected chi connectivity index (χ4v) is 4.25. The Morgan fingerprint density at radius 3 is 2.56 bits per heavy atom. The fraction of sp³-hybridized carbons (Fsp3) is 0.400. The molecule has 7 nitrogen and oxygen atoms in total. The van der Waals surface area contributed by atoms with E-state index in [0.717, 1.165) is 42.9 Å². The predicted molar refractivity (Wildman–Crippen MR) is 122 cm³/mol. The van der Waals surface area contributed by atoms with Gasteiger partial charge < -0.3 is 15.0 Å². The van der Waals surface area contributed by atoms with Gasteiger partial charge in [0.15, 0.2) is 0 Å². The monoisotopic (exact) mass is 435 g/mol. The highest BCUT2D eigenvalue weighted by Gasteiger charge is 2.27. The van der Waals surface area contributed by atoms with Crippen molar-refractivity contribution in [1.82, 2.24) is 5.32 Å². The van der Waals surface area contributed by atoms with Crippen LogP contribution in [0.15, 0.2) is 54.6 Å². The molecule has 2 N–H and O–H groups in total. The van der Waals surface area contributed by atoms with Gasteiger partial charge in [-0.2, -0.15) is 0 Å². The summed E-state index contributed by atoms with van der Waals surface area (Å²) in [7, 11) is 0. The molecule has 2 aliphatic rings. The number of imide groups is 1. The summed E-state index contributed by atoms with van der Waals surface area (Å²) in [6.45, 7) is 2.07. The quantitative estimate of drug-likeness (QED) is 0.513. The number of benzene rings is 2. The van der Waals surface area contributed by atoms with E-state index in [1.807, 2.05) is 48.5 Å². The normalized spacial score (nSPS) is 19.4. The number of amides is 2. The molecular formula is C25H29N3O4. The van der Waals surface area contributed by atoms with E-state index in [9.17, 15) is 14.4 Å². The molecule has 0 saturated carbocycles. The first kappa shape index (κ1) is 21.9. The number of piperidine rings is 2. The van der Waals surface area contributed by atoms with Crippen molar-refractivity contribution in [2.45, 2.75) is 44.8 Å². The summed E-state index contributed by atoms with van der Waals surface area (Å²) < 4.78 is 5.43. The minimum absolute atomic E-state index is 0.136. The van der Waals surface area contributed by atoms with E-state index in [4.69, 9.17) is 4.74 Å². The lowest BCUT2D eigenvalue weighted by atomic mass is 9.93. The lowest BCUT2D eigenvalue weighted by Gasteiger charge is -2.33. The van der Waals surface area contributed by atoms with Gasteiger partial charge in [-0.1, -0.05) is 36.4 Å². The van der Waals surface area contributed by atoms with Crippen molar-refractivity contribution < 1.29 is 19.1 Å². The molecule has 7 heteroatoms. The van der Waals surface area contributed by atoms with Crippen molar-refractivity contribution in [2.75, 3.05) is 23.3 Å². The molecule has 168 valence electrons. The van der Waals surface area contributed by atoms with Gasteiger partial charge in [-0.05, 0) is 48.9 Å². The number of nitrogens with one attached hydrogen (secondary N) is 2. The third kappa shape index (κ3) is 5.87. The molecule has 0 aliphatic carbocycles. The molecule has 2 amide bonds. The van der Waals surface area contributed by atoms with Crippen molar-refractivity contribution in [2.24, 2.45) is 5.92 Å². The molecule has 2 saturated heterocycles. The Kier molecular flexibility index (Phi) is 7.04. The smallest absolute Gasteiger partial charge is 0.306 e. The Morgan fingerprint density at radius 2 is 1.81 bits per heavy atom. The Hall–Kier alpha value is -3.35. The number of carbonyl (C=O) groups is 3. The first-order valence-corrected chi connectivity index (χ1v) is 11.2. The highest BCUT2D eigenvalue weighted by molar-refractivity contribution is 6.01. The average Bonchev–Trinajstić information content (AvgIpc) is 2.81. The number of rotatable bonds is 7. The van der Waals surface area contributed by atoms with Crippen LogP contribution in [-0.2, 0) is 25.7 Å². The lowest BCUT2D eigenvalue weighted by Crippen LogP contribution is -2.47. The standard InChI is InChI=1S/C25H29N3O4/c29-23-10-9-22(25(31)27-23)26-20-7-4-8-21(16-20)28-13-11-18(12-14-28)15-24(30)32-17-19-5-2-1-3-6-19/h1-8,16,18,22,26H,9-15,17H2,(H,27,29,31). The van der Waals surface area contributed by atoms with Crippen molar-refractivity contribution in [3.05, 3.63) is 60.2 Å². The summed E-state index contributed by atoms with van der Waals surface area (Å²) in [4.78, 5) is 37.9. The van der Waals surface area contributed by atoms with Gasteiger partial charge in [0, 0.05) is 37.3 Å². The third-order valence-electron chi connectivity index (χ3n) is 6.10. The summed E-state index contributed by atoms with van der Waals surface area (Å²) in [5, 5.41) is 5.62. The number of nitrogens with zero attached hydrogens (tertiary/aromatic N) is 1. The van der Waals surface area contributed by atoms with Crippen LogP contribution in [0.5, 0.6) is 0 Å². The van der Waals surface area contributed by atoms with Crippen LogP contribution >= 0.6 is 0 Å². The van der Waals surface area contributed by atoms with E-state index in [-0.39, 0.29) is 17.8 Å². The van der Waals surface area contributed by atoms with Crippen molar-refractivity contribution in [3.8, 4) is 0 Å². The zero-order valence-electron chi connectivity index (χ0n) is 18.1. The zero-order valence-corrected chi connectivity index (χ0v) is 18.1. The number of hydrogen-bond donors (Lipinski definition) is 2. The lowest BCUT2D eigenvalue weighted by molar-refractivity contribution is -0.146. The molecule has 32 heavy (non-hydrogen) atoms. The first-order valence-electron chi connectivity index (χ1n) is 11.2. The summed E-state index contributed by atoms with van der Waals surface area (Å²) in [6.07, 6.45) is 3.18. The molecule has 0 radical (unpaired) electrons. The summed E-state index contributed by atoms with van der Waals surface area (Å²) in [5.74, 6) is -0.290. The predicted octanol–water partition coefficient (Wildman–Crippen LogP) is 3.25. The first-order chi connectivity index (χ1) is 15.6. The number of ether oxygens (including phenoxy) is 1. The SMILES string of the molecule is O=C1CCC(Nc2cccc(N3CCC(CC(=O)OCc4ccccc4)CC3)c2)C(=O)N1. The topological polar surface area (TPSA) is 87.7 Å². The third-order valence-corrected chi connectivity index (χ3v) is 6.10. The number of hydrogen-bond acceptors (Lipinski definition) is 6. The molecule has 1 unspecified atom stereocenters. The summed E-state index contributed by atoms with van der Waals surface area (Å²) in [6, 6.07) is 17.3. The second-order valence-corrected chi connectivity index (χ2v) is 8.48. The van der Waals surface area contributed by atoms with Crippen LogP contribution in [0, 0.1) is 5.92 Å². The van der Waals surface area contributed by atoms with Crippen molar-refractivity contribution in [3.63, 3.8) is 0 Å². The molecule has 2 heterocycles. The van der Waals surface area contributed by atoms with Gasteiger partial charge in [0.1, 0.15) is 12.6 Å². The summed E-state index contributed by atoms with van der Waals surface area (Å²) >= 11 is 0. The Bertz CT molecular complexity index is 955. The van der Waals surface area contributed by atoms with Crippen LogP contribution in [0.4, 0.5) is 11.4 Å². The Morgan fingerprint density at radius 1 is 1.03 bits per heavy atom. The van der Waals surface area contributed by atoms with Gasteiger partial charge in [0.05, 0.1) is 0 Å². The minimum Gasteiger partial charge on any atom is -0.461 e. The van der Waals surface area contributed by atoms with E-state index in [1.165, 1.54) is 0 Å². The molecule has 2 aromatic carbocycles. The van der Waals surface area contributed by atoms with Gasteiger partial charge in [-0.3, -0.25) is 19.7 Å². The van der Waals surface area contributed by atoms with E-state index in [0.29, 0.717) is 31.8 Å². The Labute approximate surface area is 188 Å². The largest absolute Gasteiger partial charge is 0.461 e. The van der Waals surface area contributed by atoms with E-state index in [2.05, 4.69) is 21.6 Å². The second kappa shape index (κ2) is 10.3. The summed E-state index contributed by atoms with van der Waals surface area (Å²) in [5.41, 5.74) is 2.96. The molecule has 2 aromatic rings. The highest BCUT2D eigenvalue weighted by atomic mass is 16.5. The molecule has 0 bridgehead atoms. The van der Waals surface area contributed by atoms with Crippen LogP contribution in [0.25, 0.3) is 0 Å². The maximum atomic E-state index is 12.2. The van der Waals surface area contributed by atoms with Gasteiger partial charge in [0.25, 0.3) is 0 Å². The van der Waals surface area contributed by atoms with Crippen LogP contribution in [0.2, 0.25) is 0 Å². The van der Waals surface area contributed by atoms with Crippen LogP contribution in [-0.4, -0.2) is 36.9 Å². The fourth-order valence-electron chi connectivity index (χ4n) is 4.25. The molecule has 0 spiro atoms. The van der Waals surface area contributed by atoms with Crippen LogP contribution in [0.3, 0.4) is 0 Å². The van der Waals surface area contributed by atoms with E-state index in [1.54, 1.807) is 0 Å². The van der Waals surface area contributed by atoms with Gasteiger partial charge in [0.2, 0.25) is 11.8 Å². The van der Waals surface area contributed by atoms with E-state index >= 15 is 0 Å². The highest BCUT2D eigenvalue weighted by Crippen LogP contribution is 2.28. The molecule has 0 aromatic heterocycles. The number of anilines is 2. The second-order valence-electron chi connectivity index (χ2n) is 8.48. The minimum atomic E-state index is -0.393. The molecule has 1 atom stereocenters. The van der Waals surface area contributed by atoms with E-state index < -0.39 is 6.04 Å². The van der Waals surface area contributed by atoms with Gasteiger partial charge in [-0.25, -0.2) is 0 Å². The number of carbonyl (C=O) groups excluding carboxylic acids is 3. The van der Waals surface area contributed by atoms with Crippen LogP contribution < -0.4 is 15.5 Å². The van der Waals surface area contributed by atoms with Gasteiger partial charge >= 0.3 is 5.97 Å². The maximum absolute atomic E-state index is 12.2. The van der Waals surface area contributed by atoms with Crippen molar-refractivity contribution in [1.29, 1.82) is 0 Å². The average molecular weight is 436 g/mol. The molecule has 4 rings (SSSR count).